The van der Waals surface area contributed by atoms with Crippen LogP contribution in [0.3, 0.4) is 0 Å². The smallest absolute Gasteiger partial charge is 0.322 e. The molecule has 0 fully saturated rings. The van der Waals surface area contributed by atoms with Crippen LogP contribution < -0.4 is 4.74 Å². The van der Waals surface area contributed by atoms with Gasteiger partial charge in [0.25, 0.3) is 0 Å². The second-order valence-corrected chi connectivity index (χ2v) is 8.13. The van der Waals surface area contributed by atoms with Crippen molar-refractivity contribution in [2.45, 2.75) is 31.3 Å². The number of aromatic nitrogens is 1. The molecule has 0 radical (unpaired) electrons. The summed E-state index contributed by atoms with van der Waals surface area (Å²) in [5, 5.41) is 9.63. The maximum absolute atomic E-state index is 13.2. The Balaban J connectivity index is 0.00000392. The highest BCUT2D eigenvalue weighted by atomic mass is 35.5. The molecule has 0 aliphatic rings. The van der Waals surface area contributed by atoms with E-state index in [-0.39, 0.29) is 23.8 Å². The molecule has 154 valence electrons. The maximum Gasteiger partial charge on any atom is 0.322 e. The van der Waals surface area contributed by atoms with Gasteiger partial charge in [0, 0.05) is 12.7 Å². The van der Waals surface area contributed by atoms with Crippen LogP contribution >= 0.6 is 12.4 Å². The number of carboxylic acid groups (broad SMARTS) is 1. The van der Waals surface area contributed by atoms with Crippen LogP contribution in [-0.4, -0.2) is 41.9 Å². The Hall–Kier alpha value is -2.23. The van der Waals surface area contributed by atoms with Gasteiger partial charge in [-0.15, -0.1) is 12.4 Å². The molecule has 0 aliphatic carbocycles. The minimum absolute atomic E-state index is 0. The fraction of sp³-hybridized carbons (Fsp3) is 0.333. The quantitative estimate of drug-likeness (QED) is 0.644. The first-order valence-electron chi connectivity index (χ1n) is 8.16. The molecule has 0 bridgehead atoms. The van der Waals surface area contributed by atoms with Crippen LogP contribution in [0.4, 0.5) is 4.39 Å². The monoisotopic (exact) mass is 432 g/mol. The van der Waals surface area contributed by atoms with E-state index in [0.717, 1.165) is 10.4 Å². The third-order valence-electron chi connectivity index (χ3n) is 3.99. The van der Waals surface area contributed by atoms with E-state index in [9.17, 15) is 22.7 Å². The van der Waals surface area contributed by atoms with E-state index in [2.05, 4.69) is 4.98 Å². The summed E-state index contributed by atoms with van der Waals surface area (Å²) in [4.78, 5) is 15.2. The van der Waals surface area contributed by atoms with Gasteiger partial charge in [-0.05, 0) is 41.8 Å². The first kappa shape index (κ1) is 23.8. The standard InChI is InChI=1S/C18H21FN2O5S.ClH/c1-12(2)17(18(22)23)21(11-13-4-9-16(19)20-10-13)27(24,25)15-7-5-14(26-3)6-8-15;/h4-10,12,17H,11H2,1-3H3,(H,22,23);1H/t17-;/m1./s1. The number of aliphatic carboxylic acids is 1. The Labute approximate surface area is 169 Å². The summed E-state index contributed by atoms with van der Waals surface area (Å²) in [6.45, 7) is 2.99. The summed E-state index contributed by atoms with van der Waals surface area (Å²) in [5.41, 5.74) is 0.375. The predicted octanol–water partition coefficient (Wildman–Crippen LogP) is 2.95. The first-order valence-corrected chi connectivity index (χ1v) is 9.60. The average Bonchev–Trinajstić information content (AvgIpc) is 2.62. The van der Waals surface area contributed by atoms with E-state index in [1.54, 1.807) is 13.8 Å². The summed E-state index contributed by atoms with van der Waals surface area (Å²) >= 11 is 0. The summed E-state index contributed by atoms with van der Waals surface area (Å²) in [5.74, 6) is -2.00. The molecule has 0 saturated carbocycles. The van der Waals surface area contributed by atoms with E-state index < -0.39 is 33.9 Å². The highest BCUT2D eigenvalue weighted by molar-refractivity contribution is 7.89. The number of methoxy groups -OCH3 is 1. The molecule has 2 rings (SSSR count). The van der Waals surface area contributed by atoms with Crippen molar-refractivity contribution in [1.29, 1.82) is 0 Å². The molecule has 28 heavy (non-hydrogen) atoms. The van der Waals surface area contributed by atoms with Crippen molar-refractivity contribution in [3.8, 4) is 5.75 Å². The van der Waals surface area contributed by atoms with Crippen molar-refractivity contribution < 1.29 is 27.4 Å². The molecule has 10 heteroatoms. The van der Waals surface area contributed by atoms with Gasteiger partial charge in [-0.1, -0.05) is 19.9 Å². The number of ether oxygens (including phenoxy) is 1. The topological polar surface area (TPSA) is 96.8 Å². The SMILES string of the molecule is COc1ccc(S(=O)(=O)N(Cc2ccc(F)nc2)[C@@H](C(=O)O)C(C)C)cc1.Cl. The Morgan fingerprint density at radius 2 is 1.82 bits per heavy atom. The van der Waals surface area contributed by atoms with Gasteiger partial charge in [0.1, 0.15) is 11.8 Å². The fourth-order valence-electron chi connectivity index (χ4n) is 2.64. The van der Waals surface area contributed by atoms with E-state index in [1.165, 1.54) is 43.6 Å². The highest BCUT2D eigenvalue weighted by Gasteiger charge is 2.38. The largest absolute Gasteiger partial charge is 0.497 e. The molecule has 1 heterocycles. The van der Waals surface area contributed by atoms with Crippen LogP contribution in [0.25, 0.3) is 0 Å². The molecule has 1 N–H and O–H groups in total. The van der Waals surface area contributed by atoms with E-state index in [1.807, 2.05) is 0 Å². The van der Waals surface area contributed by atoms with Gasteiger partial charge in [-0.3, -0.25) is 4.79 Å². The number of sulfonamides is 1. The van der Waals surface area contributed by atoms with Crippen LogP contribution in [0.15, 0.2) is 47.5 Å². The van der Waals surface area contributed by atoms with Crippen LogP contribution in [0, 0.1) is 11.9 Å². The number of carboxylic acids is 1. The zero-order valence-corrected chi connectivity index (χ0v) is 17.2. The molecule has 1 atom stereocenters. The first-order chi connectivity index (χ1) is 12.7. The molecule has 0 amide bonds. The number of hydrogen-bond donors (Lipinski definition) is 1. The van der Waals surface area contributed by atoms with Gasteiger partial charge >= 0.3 is 5.97 Å². The minimum atomic E-state index is -4.15. The summed E-state index contributed by atoms with van der Waals surface area (Å²) in [7, 11) is -2.69. The third kappa shape index (κ3) is 5.40. The van der Waals surface area contributed by atoms with Gasteiger partial charge in [0.2, 0.25) is 16.0 Å². The zero-order valence-electron chi connectivity index (χ0n) is 15.6. The van der Waals surface area contributed by atoms with E-state index >= 15 is 0 Å². The molecule has 0 unspecified atom stereocenters. The Morgan fingerprint density at radius 1 is 1.21 bits per heavy atom. The Bertz CT molecular complexity index is 889. The second kappa shape index (κ2) is 9.81. The van der Waals surface area contributed by atoms with Gasteiger partial charge in [0.15, 0.2) is 0 Å². The zero-order chi connectivity index (χ0) is 20.2. The number of carbonyl (C=O) groups is 1. The molecular formula is C18H22ClFN2O5S. The lowest BCUT2D eigenvalue weighted by Gasteiger charge is -2.30. The summed E-state index contributed by atoms with van der Waals surface area (Å²) in [6.07, 6.45) is 1.19. The van der Waals surface area contributed by atoms with E-state index in [4.69, 9.17) is 4.74 Å². The van der Waals surface area contributed by atoms with Gasteiger partial charge in [-0.2, -0.15) is 8.70 Å². The maximum atomic E-state index is 13.2. The normalized spacial score (nSPS) is 12.5. The van der Waals surface area contributed by atoms with Crippen molar-refractivity contribution in [3.63, 3.8) is 0 Å². The second-order valence-electron chi connectivity index (χ2n) is 6.24. The molecule has 1 aromatic heterocycles. The van der Waals surface area contributed by atoms with Crippen molar-refractivity contribution in [2.75, 3.05) is 7.11 Å². The van der Waals surface area contributed by atoms with Crippen molar-refractivity contribution in [1.82, 2.24) is 9.29 Å². The molecular weight excluding hydrogens is 411 g/mol. The molecule has 0 spiro atoms. The minimum Gasteiger partial charge on any atom is -0.497 e. The van der Waals surface area contributed by atoms with Gasteiger partial charge in [0.05, 0.1) is 12.0 Å². The lowest BCUT2D eigenvalue weighted by atomic mass is 10.0. The highest BCUT2D eigenvalue weighted by Crippen LogP contribution is 2.26. The molecule has 1 aromatic carbocycles. The van der Waals surface area contributed by atoms with Crippen molar-refractivity contribution in [3.05, 3.63) is 54.1 Å². The van der Waals surface area contributed by atoms with Crippen LogP contribution in [-0.2, 0) is 21.4 Å². The number of benzene rings is 1. The lowest BCUT2D eigenvalue weighted by Crippen LogP contribution is -2.47. The van der Waals surface area contributed by atoms with Gasteiger partial charge < -0.3 is 9.84 Å². The van der Waals surface area contributed by atoms with Crippen LogP contribution in [0.2, 0.25) is 0 Å². The number of hydrogen-bond acceptors (Lipinski definition) is 5. The van der Waals surface area contributed by atoms with Crippen molar-refractivity contribution in [2.24, 2.45) is 5.92 Å². The number of pyridine rings is 1. The fourth-order valence-corrected chi connectivity index (χ4v) is 4.34. The van der Waals surface area contributed by atoms with E-state index in [0.29, 0.717) is 11.3 Å². The van der Waals surface area contributed by atoms with Gasteiger partial charge in [-0.25, -0.2) is 13.4 Å². The third-order valence-corrected chi connectivity index (χ3v) is 5.83. The Kier molecular flexibility index (Phi) is 8.34. The number of halogens is 2. The Morgan fingerprint density at radius 3 is 2.25 bits per heavy atom. The van der Waals surface area contributed by atoms with Crippen molar-refractivity contribution >= 4 is 28.4 Å². The van der Waals surface area contributed by atoms with Crippen LogP contribution in [0.5, 0.6) is 5.75 Å². The summed E-state index contributed by atoms with van der Waals surface area (Å²) in [6, 6.07) is 6.83. The lowest BCUT2D eigenvalue weighted by molar-refractivity contribution is -0.143. The summed E-state index contributed by atoms with van der Waals surface area (Å²) < 4.78 is 45.3. The average molecular weight is 433 g/mol. The molecule has 2 aromatic rings. The number of rotatable bonds is 8. The number of nitrogens with zero attached hydrogens (tertiary/aromatic N) is 2. The predicted molar refractivity (Wildman–Crippen MR) is 103 cm³/mol. The molecule has 0 saturated heterocycles. The van der Waals surface area contributed by atoms with Crippen LogP contribution in [0.1, 0.15) is 19.4 Å². The molecule has 0 aliphatic heterocycles. The molecule has 7 nitrogen and oxygen atoms in total.